The molecular weight excluding hydrogens is 316 g/mol. The molecule has 1 aromatic heterocycles. The van der Waals surface area contributed by atoms with Crippen LogP contribution in [0, 0.1) is 0 Å². The van der Waals surface area contributed by atoms with Gasteiger partial charge in [-0.1, -0.05) is 19.1 Å². The quantitative estimate of drug-likeness (QED) is 0.876. The fourth-order valence-corrected chi connectivity index (χ4v) is 2.46. The van der Waals surface area contributed by atoms with Gasteiger partial charge in [0.15, 0.2) is 0 Å². The van der Waals surface area contributed by atoms with Crippen LogP contribution in [-0.2, 0) is 13.0 Å². The minimum Gasteiger partial charge on any atom is -0.487 e. The summed E-state index contributed by atoms with van der Waals surface area (Å²) in [5.74, 6) is 0.883. The van der Waals surface area contributed by atoms with Crippen molar-refractivity contribution in [3.05, 3.63) is 58.3 Å². The molecule has 0 amide bonds. The number of nitrogens with two attached hydrogens (primary N) is 1. The van der Waals surface area contributed by atoms with Gasteiger partial charge in [-0.15, -0.1) is 0 Å². The van der Waals surface area contributed by atoms with Gasteiger partial charge in [-0.05, 0) is 58.1 Å². The lowest BCUT2D eigenvalue weighted by Gasteiger charge is -2.16. The highest BCUT2D eigenvalue weighted by Crippen LogP contribution is 2.30. The first kappa shape index (κ1) is 15.0. The average Bonchev–Trinajstić information content (AvgIpc) is 2.47. The Morgan fingerprint density at radius 2 is 2.00 bits per heavy atom. The molecule has 1 aromatic carbocycles. The van der Waals surface area contributed by atoms with Crippen LogP contribution in [0.4, 0.5) is 0 Å². The summed E-state index contributed by atoms with van der Waals surface area (Å²) < 4.78 is 6.93. The molecule has 2 N–H and O–H groups in total. The van der Waals surface area contributed by atoms with Crippen LogP contribution in [0.5, 0.6) is 5.75 Å². The Kier molecular flexibility index (Phi) is 5.56. The number of rotatable bonds is 6. The lowest BCUT2D eigenvalue weighted by Crippen LogP contribution is -2.21. The van der Waals surface area contributed by atoms with E-state index < -0.39 is 0 Å². The first-order valence-electron chi connectivity index (χ1n) is 6.75. The summed E-state index contributed by atoms with van der Waals surface area (Å²) >= 11 is 3.55. The van der Waals surface area contributed by atoms with Crippen LogP contribution in [0.15, 0.2) is 47.2 Å². The van der Waals surface area contributed by atoms with E-state index in [2.05, 4.69) is 33.9 Å². The molecule has 0 aliphatic carbocycles. The van der Waals surface area contributed by atoms with E-state index >= 15 is 0 Å². The van der Waals surface area contributed by atoms with E-state index in [-0.39, 0.29) is 6.04 Å². The SMILES string of the molecule is CCC(N)Cc1cccc(Br)c1OCc1ccncc1. The fraction of sp³-hybridized carbons (Fsp3) is 0.312. The van der Waals surface area contributed by atoms with Crippen LogP contribution < -0.4 is 10.5 Å². The van der Waals surface area contributed by atoms with Crippen LogP contribution in [-0.4, -0.2) is 11.0 Å². The zero-order chi connectivity index (χ0) is 14.4. The zero-order valence-corrected chi connectivity index (χ0v) is 13.1. The van der Waals surface area contributed by atoms with Gasteiger partial charge in [0.1, 0.15) is 12.4 Å². The highest BCUT2D eigenvalue weighted by Gasteiger charge is 2.11. The molecule has 1 heterocycles. The van der Waals surface area contributed by atoms with Crippen molar-refractivity contribution in [2.24, 2.45) is 5.73 Å². The number of nitrogens with zero attached hydrogens (tertiary/aromatic N) is 1. The summed E-state index contributed by atoms with van der Waals surface area (Å²) in [6.45, 7) is 2.62. The van der Waals surface area contributed by atoms with Crippen molar-refractivity contribution >= 4 is 15.9 Å². The van der Waals surface area contributed by atoms with Gasteiger partial charge in [-0.2, -0.15) is 0 Å². The maximum Gasteiger partial charge on any atom is 0.137 e. The summed E-state index contributed by atoms with van der Waals surface area (Å²) in [7, 11) is 0. The van der Waals surface area contributed by atoms with Gasteiger partial charge in [0.05, 0.1) is 4.47 Å². The normalized spacial score (nSPS) is 12.2. The lowest BCUT2D eigenvalue weighted by molar-refractivity contribution is 0.300. The summed E-state index contributed by atoms with van der Waals surface area (Å²) in [5.41, 5.74) is 8.29. The Balaban J connectivity index is 2.13. The number of para-hydroxylation sites is 1. The predicted octanol–water partition coefficient (Wildman–Crippen LogP) is 3.70. The standard InChI is InChI=1S/C16H19BrN2O/c1-2-14(18)10-13-4-3-5-15(17)16(13)20-11-12-6-8-19-9-7-12/h3-9,14H,2,10-11,18H2,1H3. The first-order valence-corrected chi connectivity index (χ1v) is 7.54. The maximum absolute atomic E-state index is 6.05. The summed E-state index contributed by atoms with van der Waals surface area (Å²) in [4.78, 5) is 4.00. The number of pyridine rings is 1. The third-order valence-corrected chi connectivity index (χ3v) is 3.81. The second-order valence-corrected chi connectivity index (χ2v) is 5.60. The molecule has 0 fully saturated rings. The van der Waals surface area contributed by atoms with Crippen molar-refractivity contribution in [1.82, 2.24) is 4.98 Å². The van der Waals surface area contributed by atoms with Crippen molar-refractivity contribution in [2.45, 2.75) is 32.4 Å². The van der Waals surface area contributed by atoms with Crippen molar-refractivity contribution in [3.63, 3.8) is 0 Å². The van der Waals surface area contributed by atoms with Gasteiger partial charge >= 0.3 is 0 Å². The topological polar surface area (TPSA) is 48.1 Å². The molecule has 0 saturated heterocycles. The second kappa shape index (κ2) is 7.41. The Morgan fingerprint density at radius 3 is 2.70 bits per heavy atom. The Hall–Kier alpha value is -1.39. The van der Waals surface area contributed by atoms with Crippen molar-refractivity contribution in [1.29, 1.82) is 0 Å². The van der Waals surface area contributed by atoms with Gasteiger partial charge < -0.3 is 10.5 Å². The number of hydrogen-bond donors (Lipinski definition) is 1. The van der Waals surface area contributed by atoms with Gasteiger partial charge in [0.25, 0.3) is 0 Å². The van der Waals surface area contributed by atoms with Crippen molar-refractivity contribution < 1.29 is 4.74 Å². The lowest BCUT2D eigenvalue weighted by atomic mass is 10.0. The minimum atomic E-state index is 0.160. The molecule has 2 rings (SSSR count). The zero-order valence-electron chi connectivity index (χ0n) is 11.6. The summed E-state index contributed by atoms with van der Waals surface area (Å²) in [5, 5.41) is 0. The Morgan fingerprint density at radius 1 is 1.25 bits per heavy atom. The smallest absolute Gasteiger partial charge is 0.137 e. The fourth-order valence-electron chi connectivity index (χ4n) is 1.94. The molecule has 1 atom stereocenters. The molecule has 4 heteroatoms. The van der Waals surface area contributed by atoms with Gasteiger partial charge in [-0.3, -0.25) is 4.98 Å². The third-order valence-electron chi connectivity index (χ3n) is 3.19. The predicted molar refractivity (Wildman–Crippen MR) is 84.7 cm³/mol. The number of ether oxygens (including phenoxy) is 1. The number of aromatic nitrogens is 1. The van der Waals surface area contributed by atoms with Crippen LogP contribution in [0.1, 0.15) is 24.5 Å². The van der Waals surface area contributed by atoms with Gasteiger partial charge in [0.2, 0.25) is 0 Å². The van der Waals surface area contributed by atoms with Crippen LogP contribution in [0.3, 0.4) is 0 Å². The van der Waals surface area contributed by atoms with Crippen LogP contribution >= 0.6 is 15.9 Å². The van der Waals surface area contributed by atoms with E-state index in [1.54, 1.807) is 12.4 Å². The Bertz CT molecular complexity index is 545. The van der Waals surface area contributed by atoms with E-state index in [0.717, 1.165) is 34.2 Å². The number of benzene rings is 1. The van der Waals surface area contributed by atoms with Crippen LogP contribution in [0.2, 0.25) is 0 Å². The molecule has 0 bridgehead atoms. The van der Waals surface area contributed by atoms with Crippen molar-refractivity contribution in [3.8, 4) is 5.75 Å². The molecule has 0 spiro atoms. The van der Waals surface area contributed by atoms with E-state index in [4.69, 9.17) is 10.5 Å². The summed E-state index contributed by atoms with van der Waals surface area (Å²) in [6.07, 6.45) is 5.32. The third kappa shape index (κ3) is 4.05. The molecule has 2 aromatic rings. The highest BCUT2D eigenvalue weighted by atomic mass is 79.9. The second-order valence-electron chi connectivity index (χ2n) is 4.74. The van der Waals surface area contributed by atoms with Crippen LogP contribution in [0.25, 0.3) is 0 Å². The molecule has 0 aliphatic heterocycles. The molecule has 0 radical (unpaired) electrons. The Labute approximate surface area is 128 Å². The molecule has 20 heavy (non-hydrogen) atoms. The van der Waals surface area contributed by atoms with E-state index in [0.29, 0.717) is 6.61 Å². The molecule has 0 aliphatic rings. The minimum absolute atomic E-state index is 0.160. The van der Waals surface area contributed by atoms with Crippen molar-refractivity contribution in [2.75, 3.05) is 0 Å². The number of halogens is 1. The van der Waals surface area contributed by atoms with E-state index in [1.807, 2.05) is 24.3 Å². The average molecular weight is 335 g/mol. The molecular formula is C16H19BrN2O. The monoisotopic (exact) mass is 334 g/mol. The van der Waals surface area contributed by atoms with Gasteiger partial charge in [0, 0.05) is 18.4 Å². The molecule has 0 saturated carbocycles. The molecule has 1 unspecified atom stereocenters. The van der Waals surface area contributed by atoms with Gasteiger partial charge in [-0.25, -0.2) is 0 Å². The number of hydrogen-bond acceptors (Lipinski definition) is 3. The van der Waals surface area contributed by atoms with E-state index in [1.165, 1.54) is 0 Å². The summed E-state index contributed by atoms with van der Waals surface area (Å²) in [6, 6.07) is 10.1. The highest BCUT2D eigenvalue weighted by molar-refractivity contribution is 9.10. The largest absolute Gasteiger partial charge is 0.487 e. The van der Waals surface area contributed by atoms with E-state index in [9.17, 15) is 0 Å². The maximum atomic E-state index is 6.05. The molecule has 3 nitrogen and oxygen atoms in total. The molecule has 106 valence electrons. The first-order chi connectivity index (χ1) is 9.70.